The Morgan fingerprint density at radius 2 is 1.79 bits per heavy atom. The molecule has 0 bridgehead atoms. The van der Waals surface area contributed by atoms with E-state index >= 15 is 0 Å². The zero-order valence-corrected chi connectivity index (χ0v) is 20.8. The summed E-state index contributed by atoms with van der Waals surface area (Å²) in [6.07, 6.45) is 16.6. The van der Waals surface area contributed by atoms with Gasteiger partial charge in [-0.15, -0.1) is 6.58 Å². The van der Waals surface area contributed by atoms with Crippen molar-refractivity contribution in [2.75, 3.05) is 0 Å². The molecule has 0 saturated heterocycles. The summed E-state index contributed by atoms with van der Waals surface area (Å²) in [5.41, 5.74) is 1.27. The summed E-state index contributed by atoms with van der Waals surface area (Å²) in [5, 5.41) is 0. The first-order chi connectivity index (χ1) is 16.4. The fourth-order valence-corrected chi connectivity index (χ4v) is 5.60. The van der Waals surface area contributed by atoms with E-state index in [0.29, 0.717) is 30.9 Å². The van der Waals surface area contributed by atoms with E-state index in [9.17, 15) is 13.6 Å². The van der Waals surface area contributed by atoms with E-state index in [2.05, 4.69) is 19.6 Å². The smallest absolute Gasteiger partial charge is 0.314 e. The lowest BCUT2D eigenvalue weighted by atomic mass is 9.76. The molecular weight excluding hydrogens is 430 g/mol. The van der Waals surface area contributed by atoms with Crippen LogP contribution in [0.3, 0.4) is 0 Å². The molecule has 3 rings (SSSR count). The number of carbonyl (C=O) groups excluding carboxylic acids is 1. The molecule has 2 atom stereocenters. The molecule has 2 unspecified atom stereocenters. The van der Waals surface area contributed by atoms with Crippen molar-refractivity contribution in [3.05, 3.63) is 54.6 Å². The number of rotatable bonds is 11. The van der Waals surface area contributed by atoms with Crippen LogP contribution in [-0.2, 0) is 11.2 Å². The van der Waals surface area contributed by atoms with E-state index in [1.54, 1.807) is 6.08 Å². The first-order valence-electron chi connectivity index (χ1n) is 13.4. The Kier molecular flexibility index (Phi) is 10.3. The molecule has 0 radical (unpaired) electrons. The molecule has 0 aromatic heterocycles. The third-order valence-electron chi connectivity index (χ3n) is 7.75. The van der Waals surface area contributed by atoms with Gasteiger partial charge < -0.3 is 4.74 Å². The molecule has 2 aliphatic rings. The molecule has 2 fully saturated rings. The van der Waals surface area contributed by atoms with Gasteiger partial charge in [0.2, 0.25) is 0 Å². The number of alkyl halides is 2. The minimum absolute atomic E-state index is 0.00322. The predicted octanol–water partition coefficient (Wildman–Crippen LogP) is 8.71. The lowest BCUT2D eigenvalue weighted by molar-refractivity contribution is -0.140. The van der Waals surface area contributed by atoms with E-state index in [4.69, 9.17) is 4.74 Å². The molecule has 34 heavy (non-hydrogen) atoms. The SMILES string of the molecule is C=CCCC1CCC(/C=C/CCC2CCC(C(=O)Oc3ccc(CCC)cc3)CC2)CC1(F)F. The van der Waals surface area contributed by atoms with Gasteiger partial charge in [-0.25, -0.2) is 8.78 Å². The highest BCUT2D eigenvalue weighted by Crippen LogP contribution is 2.44. The molecular formula is C30H42F2O2. The van der Waals surface area contributed by atoms with Gasteiger partial charge in [-0.05, 0) is 100 Å². The lowest BCUT2D eigenvalue weighted by Crippen LogP contribution is -2.35. The van der Waals surface area contributed by atoms with Crippen LogP contribution in [0.5, 0.6) is 5.75 Å². The third-order valence-corrected chi connectivity index (χ3v) is 7.75. The van der Waals surface area contributed by atoms with Gasteiger partial charge in [-0.2, -0.15) is 0 Å². The highest BCUT2D eigenvalue weighted by atomic mass is 19.3. The summed E-state index contributed by atoms with van der Waals surface area (Å²) in [5.74, 6) is -1.92. The van der Waals surface area contributed by atoms with Crippen LogP contribution in [0.4, 0.5) is 8.78 Å². The number of hydrogen-bond donors (Lipinski definition) is 0. The van der Waals surface area contributed by atoms with Crippen molar-refractivity contribution in [3.63, 3.8) is 0 Å². The highest BCUT2D eigenvalue weighted by molar-refractivity contribution is 5.75. The van der Waals surface area contributed by atoms with E-state index in [1.165, 1.54) is 5.56 Å². The van der Waals surface area contributed by atoms with Crippen LogP contribution < -0.4 is 4.74 Å². The average Bonchev–Trinajstić information content (AvgIpc) is 2.82. The minimum atomic E-state index is -2.55. The molecule has 4 heteroatoms. The molecule has 2 saturated carbocycles. The maximum atomic E-state index is 14.4. The second kappa shape index (κ2) is 13.2. The topological polar surface area (TPSA) is 26.3 Å². The Morgan fingerprint density at radius 3 is 2.44 bits per heavy atom. The number of allylic oxidation sites excluding steroid dienone is 3. The number of ether oxygens (including phenoxy) is 1. The molecule has 2 aliphatic carbocycles. The number of benzene rings is 1. The van der Waals surface area contributed by atoms with Crippen molar-refractivity contribution >= 4 is 5.97 Å². The van der Waals surface area contributed by atoms with Crippen LogP contribution in [-0.4, -0.2) is 11.9 Å². The van der Waals surface area contributed by atoms with E-state index < -0.39 is 11.8 Å². The number of esters is 1. The molecule has 1 aromatic carbocycles. The quantitative estimate of drug-likeness (QED) is 0.183. The molecule has 0 amide bonds. The molecule has 0 N–H and O–H groups in total. The second-order valence-corrected chi connectivity index (χ2v) is 10.4. The van der Waals surface area contributed by atoms with Crippen LogP contribution in [0.15, 0.2) is 49.1 Å². The zero-order chi connectivity index (χ0) is 24.4. The molecule has 0 heterocycles. The average molecular weight is 473 g/mol. The highest BCUT2D eigenvalue weighted by Gasteiger charge is 2.43. The Labute approximate surface area is 204 Å². The van der Waals surface area contributed by atoms with E-state index in [0.717, 1.165) is 57.8 Å². The van der Waals surface area contributed by atoms with E-state index in [-0.39, 0.29) is 24.2 Å². The summed E-state index contributed by atoms with van der Waals surface area (Å²) in [4.78, 5) is 12.6. The Balaban J connectivity index is 1.33. The van der Waals surface area contributed by atoms with Gasteiger partial charge in [-0.1, -0.05) is 43.7 Å². The summed E-state index contributed by atoms with van der Waals surface area (Å²) < 4.78 is 34.5. The number of halogens is 2. The summed E-state index contributed by atoms with van der Waals surface area (Å²) in [6.45, 7) is 5.81. The van der Waals surface area contributed by atoms with Gasteiger partial charge in [0, 0.05) is 12.3 Å². The molecule has 0 spiro atoms. The molecule has 1 aromatic rings. The van der Waals surface area contributed by atoms with Gasteiger partial charge >= 0.3 is 5.97 Å². The van der Waals surface area contributed by atoms with E-state index in [1.807, 2.05) is 30.3 Å². The number of carbonyl (C=O) groups is 1. The van der Waals surface area contributed by atoms with Crippen LogP contribution >= 0.6 is 0 Å². The fraction of sp³-hybridized carbons (Fsp3) is 0.633. The van der Waals surface area contributed by atoms with Crippen molar-refractivity contribution in [2.45, 2.75) is 96.3 Å². The van der Waals surface area contributed by atoms with Gasteiger partial charge in [0.25, 0.3) is 5.92 Å². The lowest BCUT2D eigenvalue weighted by Gasteiger charge is -2.35. The maximum absolute atomic E-state index is 14.4. The van der Waals surface area contributed by atoms with Crippen molar-refractivity contribution in [3.8, 4) is 5.75 Å². The van der Waals surface area contributed by atoms with Crippen molar-refractivity contribution in [2.24, 2.45) is 23.7 Å². The van der Waals surface area contributed by atoms with Crippen LogP contribution in [0.1, 0.15) is 89.5 Å². The van der Waals surface area contributed by atoms with Gasteiger partial charge in [0.05, 0.1) is 5.92 Å². The summed E-state index contributed by atoms with van der Waals surface area (Å²) in [6, 6.07) is 7.85. The fourth-order valence-electron chi connectivity index (χ4n) is 5.60. The van der Waals surface area contributed by atoms with Gasteiger partial charge in [-0.3, -0.25) is 4.79 Å². The molecule has 188 valence electrons. The monoisotopic (exact) mass is 472 g/mol. The van der Waals surface area contributed by atoms with Gasteiger partial charge in [0.1, 0.15) is 5.75 Å². The van der Waals surface area contributed by atoms with Crippen molar-refractivity contribution in [1.29, 1.82) is 0 Å². The second-order valence-electron chi connectivity index (χ2n) is 10.4. The summed E-state index contributed by atoms with van der Waals surface area (Å²) in [7, 11) is 0. The molecule has 0 aliphatic heterocycles. The first-order valence-corrected chi connectivity index (χ1v) is 13.4. The Bertz CT molecular complexity index is 791. The van der Waals surface area contributed by atoms with Crippen molar-refractivity contribution in [1.82, 2.24) is 0 Å². The molecule has 2 nitrogen and oxygen atoms in total. The van der Waals surface area contributed by atoms with Crippen LogP contribution in [0, 0.1) is 23.7 Å². The number of aryl methyl sites for hydroxylation is 1. The van der Waals surface area contributed by atoms with Gasteiger partial charge in [0.15, 0.2) is 0 Å². The largest absolute Gasteiger partial charge is 0.426 e. The normalized spacial score (nSPS) is 26.9. The number of hydrogen-bond acceptors (Lipinski definition) is 2. The standard InChI is InChI=1S/C30H42F2O2/c1-3-5-11-27-19-14-25(22-30(27,31)32)10-7-6-9-24-12-17-26(18-13-24)29(33)34-28-20-15-23(8-4-2)16-21-28/h3,7,10,15-16,20-21,24-27H,1,4-6,8-9,11-14,17-19,22H2,2H3/b10-7+. The van der Waals surface area contributed by atoms with Crippen LogP contribution in [0.25, 0.3) is 0 Å². The first kappa shape index (κ1) is 26.6. The van der Waals surface area contributed by atoms with Crippen molar-refractivity contribution < 1.29 is 18.3 Å². The Hall–Kier alpha value is -1.97. The predicted molar refractivity (Wildman–Crippen MR) is 135 cm³/mol. The summed E-state index contributed by atoms with van der Waals surface area (Å²) >= 11 is 0. The Morgan fingerprint density at radius 1 is 1.06 bits per heavy atom. The third kappa shape index (κ3) is 8.06. The van der Waals surface area contributed by atoms with Crippen LogP contribution in [0.2, 0.25) is 0 Å². The minimum Gasteiger partial charge on any atom is -0.426 e. The maximum Gasteiger partial charge on any atom is 0.314 e. The zero-order valence-electron chi connectivity index (χ0n) is 20.8.